The zero-order chi connectivity index (χ0) is 18.8. The number of fused-ring (bicyclic) bond motifs is 7. The lowest BCUT2D eigenvalue weighted by Crippen LogP contribution is -2.38. The van der Waals surface area contributed by atoms with Crippen molar-refractivity contribution in [2.24, 2.45) is 0 Å². The van der Waals surface area contributed by atoms with Crippen LogP contribution in [0.5, 0.6) is 0 Å². The molecule has 0 bridgehead atoms. The standard InChI is InChI=1S/C24H17ClN2O/c25-19-11-5-3-7-14(19)18-13-27-23(15-8-1-2-9-16(15)24(27)28)22-21(18)17-10-4-6-12-20(17)26-22/h1-12,18,23,26H,13H2/t18-,23+/m0/s1. The van der Waals surface area contributed by atoms with E-state index < -0.39 is 0 Å². The van der Waals surface area contributed by atoms with Crippen molar-refractivity contribution in [2.75, 3.05) is 6.54 Å². The number of para-hydroxylation sites is 1. The summed E-state index contributed by atoms with van der Waals surface area (Å²) in [7, 11) is 0. The van der Waals surface area contributed by atoms with Gasteiger partial charge in [-0.05, 0) is 34.9 Å². The molecular formula is C24H17ClN2O. The van der Waals surface area contributed by atoms with Gasteiger partial charge in [-0.15, -0.1) is 0 Å². The fourth-order valence-electron chi connectivity index (χ4n) is 4.94. The van der Waals surface area contributed by atoms with E-state index in [2.05, 4.69) is 35.3 Å². The molecule has 3 aromatic carbocycles. The number of amides is 1. The number of benzene rings is 3. The second kappa shape index (κ2) is 5.73. The van der Waals surface area contributed by atoms with Gasteiger partial charge in [-0.1, -0.05) is 66.2 Å². The number of rotatable bonds is 1. The van der Waals surface area contributed by atoms with E-state index >= 15 is 0 Å². The summed E-state index contributed by atoms with van der Waals surface area (Å²) in [6.07, 6.45) is 0. The van der Waals surface area contributed by atoms with Crippen LogP contribution in [0.15, 0.2) is 72.8 Å². The molecule has 0 aliphatic carbocycles. The van der Waals surface area contributed by atoms with Gasteiger partial charge in [0.15, 0.2) is 0 Å². The number of carbonyl (C=O) groups excluding carboxylic acids is 1. The van der Waals surface area contributed by atoms with Gasteiger partial charge in [0, 0.05) is 39.6 Å². The van der Waals surface area contributed by atoms with Crippen LogP contribution in [0.4, 0.5) is 0 Å². The first-order valence-electron chi connectivity index (χ1n) is 9.49. The third-order valence-electron chi connectivity index (χ3n) is 6.12. The van der Waals surface area contributed by atoms with E-state index in [1.807, 2.05) is 47.4 Å². The molecular weight excluding hydrogens is 368 g/mol. The minimum absolute atomic E-state index is 0.0364. The van der Waals surface area contributed by atoms with Gasteiger partial charge < -0.3 is 9.88 Å². The largest absolute Gasteiger partial charge is 0.356 e. The molecule has 0 spiro atoms. The van der Waals surface area contributed by atoms with Crippen LogP contribution in [0.25, 0.3) is 10.9 Å². The van der Waals surface area contributed by atoms with Crippen LogP contribution in [0, 0.1) is 0 Å². The normalized spacial score (nSPS) is 20.2. The molecule has 0 radical (unpaired) electrons. The maximum absolute atomic E-state index is 13.2. The predicted octanol–water partition coefficient (Wildman–Crippen LogP) is 5.51. The summed E-state index contributed by atoms with van der Waals surface area (Å²) in [6, 6.07) is 24.2. The predicted molar refractivity (Wildman–Crippen MR) is 111 cm³/mol. The molecule has 0 saturated carbocycles. The van der Waals surface area contributed by atoms with Crippen molar-refractivity contribution in [2.45, 2.75) is 12.0 Å². The molecule has 2 aliphatic heterocycles. The summed E-state index contributed by atoms with van der Waals surface area (Å²) in [5, 5.41) is 1.95. The van der Waals surface area contributed by atoms with Gasteiger partial charge in [-0.25, -0.2) is 0 Å². The Morgan fingerprint density at radius 1 is 0.893 bits per heavy atom. The van der Waals surface area contributed by atoms with Crippen molar-refractivity contribution in [1.82, 2.24) is 9.88 Å². The van der Waals surface area contributed by atoms with E-state index in [-0.39, 0.29) is 17.9 Å². The molecule has 0 saturated heterocycles. The van der Waals surface area contributed by atoms with E-state index in [9.17, 15) is 4.79 Å². The number of H-pyrrole nitrogens is 1. The summed E-state index contributed by atoms with van der Waals surface area (Å²) in [4.78, 5) is 18.8. The van der Waals surface area contributed by atoms with E-state index in [4.69, 9.17) is 11.6 Å². The Kier molecular flexibility index (Phi) is 3.27. The zero-order valence-electron chi connectivity index (χ0n) is 15.0. The van der Waals surface area contributed by atoms with Crippen LogP contribution in [-0.4, -0.2) is 22.3 Å². The lowest BCUT2D eigenvalue weighted by Gasteiger charge is -2.36. The number of carbonyl (C=O) groups is 1. The van der Waals surface area contributed by atoms with Crippen LogP contribution >= 0.6 is 11.6 Å². The molecule has 4 heteroatoms. The SMILES string of the molecule is O=C1c2ccccc2[C@@H]2c3[nH]c4ccccc4c3[C@H](c3ccccc3Cl)CN12. The van der Waals surface area contributed by atoms with Crippen LogP contribution < -0.4 is 0 Å². The Morgan fingerprint density at radius 2 is 1.61 bits per heavy atom. The fourth-order valence-corrected chi connectivity index (χ4v) is 5.21. The van der Waals surface area contributed by atoms with Gasteiger partial charge in [0.25, 0.3) is 5.91 Å². The third kappa shape index (κ3) is 2.02. The van der Waals surface area contributed by atoms with Crippen molar-refractivity contribution in [3.63, 3.8) is 0 Å². The van der Waals surface area contributed by atoms with E-state index in [0.717, 1.165) is 32.9 Å². The van der Waals surface area contributed by atoms with E-state index in [1.54, 1.807) is 0 Å². The number of aromatic nitrogens is 1. The molecule has 0 unspecified atom stereocenters. The summed E-state index contributed by atoms with van der Waals surface area (Å²) in [6.45, 7) is 0.622. The Labute approximate surface area is 167 Å². The van der Waals surface area contributed by atoms with Crippen molar-refractivity contribution < 1.29 is 4.79 Å². The minimum atomic E-state index is -0.0650. The van der Waals surface area contributed by atoms with Crippen molar-refractivity contribution in [1.29, 1.82) is 0 Å². The molecule has 6 rings (SSSR count). The summed E-state index contributed by atoms with van der Waals surface area (Å²) < 4.78 is 0. The first kappa shape index (κ1) is 16.0. The molecule has 3 heterocycles. The van der Waals surface area contributed by atoms with Crippen molar-refractivity contribution >= 4 is 28.4 Å². The molecule has 1 N–H and O–H groups in total. The quantitative estimate of drug-likeness (QED) is 0.461. The number of hydrogen-bond acceptors (Lipinski definition) is 1. The highest BCUT2D eigenvalue weighted by Gasteiger charge is 2.45. The first-order valence-corrected chi connectivity index (χ1v) is 9.86. The minimum Gasteiger partial charge on any atom is -0.356 e. The molecule has 2 aliphatic rings. The molecule has 28 heavy (non-hydrogen) atoms. The number of hydrogen-bond donors (Lipinski definition) is 1. The van der Waals surface area contributed by atoms with Crippen molar-refractivity contribution in [3.05, 3.63) is 106 Å². The van der Waals surface area contributed by atoms with Gasteiger partial charge in [0.2, 0.25) is 0 Å². The second-order valence-corrected chi connectivity index (χ2v) is 7.93. The van der Waals surface area contributed by atoms with Gasteiger partial charge in [-0.2, -0.15) is 0 Å². The fraction of sp³-hybridized carbons (Fsp3) is 0.125. The zero-order valence-corrected chi connectivity index (χ0v) is 15.8. The average molecular weight is 385 g/mol. The Balaban J connectivity index is 1.66. The molecule has 4 aromatic rings. The van der Waals surface area contributed by atoms with Crippen LogP contribution in [0.1, 0.15) is 44.7 Å². The summed E-state index contributed by atoms with van der Waals surface area (Å²) in [5.41, 5.74) is 6.42. The maximum atomic E-state index is 13.2. The topological polar surface area (TPSA) is 36.1 Å². The Morgan fingerprint density at radius 3 is 2.46 bits per heavy atom. The first-order chi connectivity index (χ1) is 13.7. The molecule has 1 aromatic heterocycles. The summed E-state index contributed by atoms with van der Waals surface area (Å²) in [5.74, 6) is 0.135. The second-order valence-electron chi connectivity index (χ2n) is 7.52. The molecule has 1 amide bonds. The highest BCUT2D eigenvalue weighted by molar-refractivity contribution is 6.31. The van der Waals surface area contributed by atoms with Gasteiger partial charge >= 0.3 is 0 Å². The molecule has 136 valence electrons. The Bertz CT molecular complexity index is 1260. The van der Waals surface area contributed by atoms with E-state index in [0.29, 0.717) is 6.54 Å². The number of halogens is 1. The maximum Gasteiger partial charge on any atom is 0.255 e. The monoisotopic (exact) mass is 384 g/mol. The van der Waals surface area contributed by atoms with E-state index in [1.165, 1.54) is 10.9 Å². The van der Waals surface area contributed by atoms with Crippen molar-refractivity contribution in [3.8, 4) is 0 Å². The molecule has 3 nitrogen and oxygen atoms in total. The number of aromatic amines is 1. The Hall–Kier alpha value is -3.04. The highest BCUT2D eigenvalue weighted by Crippen LogP contribution is 2.50. The number of nitrogens with zero attached hydrogens (tertiary/aromatic N) is 1. The van der Waals surface area contributed by atoms with Crippen LogP contribution in [0.2, 0.25) is 5.02 Å². The lowest BCUT2D eigenvalue weighted by molar-refractivity contribution is 0.0727. The number of nitrogens with one attached hydrogen (secondary N) is 1. The van der Waals surface area contributed by atoms with Gasteiger partial charge in [-0.3, -0.25) is 4.79 Å². The van der Waals surface area contributed by atoms with Crippen LogP contribution in [0.3, 0.4) is 0 Å². The highest BCUT2D eigenvalue weighted by atomic mass is 35.5. The third-order valence-corrected chi connectivity index (χ3v) is 6.46. The lowest BCUT2D eigenvalue weighted by atomic mass is 9.83. The smallest absolute Gasteiger partial charge is 0.255 e. The molecule has 0 fully saturated rings. The summed E-state index contributed by atoms with van der Waals surface area (Å²) >= 11 is 6.60. The van der Waals surface area contributed by atoms with Gasteiger partial charge in [0.05, 0.1) is 6.04 Å². The average Bonchev–Trinajstić information content (AvgIpc) is 3.24. The van der Waals surface area contributed by atoms with Gasteiger partial charge in [0.1, 0.15) is 0 Å². The molecule has 2 atom stereocenters. The van der Waals surface area contributed by atoms with Crippen LogP contribution in [-0.2, 0) is 0 Å².